The van der Waals surface area contributed by atoms with Crippen molar-refractivity contribution >= 4 is 5.97 Å². The number of H-pyrrole nitrogens is 1. The molecule has 4 heteroatoms. The summed E-state index contributed by atoms with van der Waals surface area (Å²) in [6.07, 6.45) is 2.88. The van der Waals surface area contributed by atoms with Crippen LogP contribution in [0.2, 0.25) is 0 Å². The number of carboxylic acid groups (broad SMARTS) is 1. The lowest BCUT2D eigenvalue weighted by Gasteiger charge is -2.16. The van der Waals surface area contributed by atoms with Gasteiger partial charge in [-0.3, -0.25) is 0 Å². The summed E-state index contributed by atoms with van der Waals surface area (Å²) in [6, 6.07) is 11.2. The maximum absolute atomic E-state index is 10.9. The predicted octanol–water partition coefficient (Wildman–Crippen LogP) is 2.39. The summed E-state index contributed by atoms with van der Waals surface area (Å²) >= 11 is 0. The number of carbonyl (C=O) groups is 1. The third-order valence-corrected chi connectivity index (χ3v) is 3.05. The first-order valence-corrected chi connectivity index (χ1v) is 6.28. The van der Waals surface area contributed by atoms with Crippen LogP contribution in [0, 0.1) is 0 Å². The Hall–Kier alpha value is -2.07. The fourth-order valence-corrected chi connectivity index (χ4v) is 2.03. The van der Waals surface area contributed by atoms with Gasteiger partial charge in [-0.1, -0.05) is 12.1 Å². The van der Waals surface area contributed by atoms with Crippen LogP contribution in [-0.4, -0.2) is 34.6 Å². The largest absolute Gasteiger partial charge is 0.478 e. The second kappa shape index (κ2) is 6.20. The van der Waals surface area contributed by atoms with E-state index in [2.05, 4.69) is 16.0 Å². The molecule has 0 radical (unpaired) electrons. The number of hydrogen-bond acceptors (Lipinski definition) is 2. The van der Waals surface area contributed by atoms with Crippen LogP contribution in [0.3, 0.4) is 0 Å². The molecule has 0 amide bonds. The highest BCUT2D eigenvalue weighted by molar-refractivity contribution is 5.87. The number of nitrogens with one attached hydrogen (secondary N) is 1. The molecule has 0 atom stereocenters. The molecule has 2 aromatic rings. The number of aromatic nitrogens is 1. The first kappa shape index (κ1) is 13.4. The molecule has 0 spiro atoms. The van der Waals surface area contributed by atoms with E-state index in [1.54, 1.807) is 18.2 Å². The van der Waals surface area contributed by atoms with Gasteiger partial charge < -0.3 is 15.0 Å². The molecule has 19 heavy (non-hydrogen) atoms. The van der Waals surface area contributed by atoms with Gasteiger partial charge in [-0.05, 0) is 36.9 Å². The van der Waals surface area contributed by atoms with Gasteiger partial charge in [0.05, 0.1) is 5.56 Å². The fraction of sp³-hybridized carbons (Fsp3) is 0.267. The molecule has 1 aromatic heterocycles. The maximum Gasteiger partial charge on any atom is 0.335 e. The predicted molar refractivity (Wildman–Crippen MR) is 74.2 cm³/mol. The molecular weight excluding hydrogens is 240 g/mol. The Morgan fingerprint density at radius 3 is 2.84 bits per heavy atom. The lowest BCUT2D eigenvalue weighted by Crippen LogP contribution is -2.21. The summed E-state index contributed by atoms with van der Waals surface area (Å²) in [4.78, 5) is 16.3. The molecule has 0 saturated carbocycles. The van der Waals surface area contributed by atoms with Crippen LogP contribution in [0.5, 0.6) is 0 Å². The normalized spacial score (nSPS) is 10.8. The molecule has 0 unspecified atom stereocenters. The number of hydrogen-bond donors (Lipinski definition) is 2. The average molecular weight is 258 g/mol. The highest BCUT2D eigenvalue weighted by atomic mass is 16.4. The molecule has 0 fully saturated rings. The summed E-state index contributed by atoms with van der Waals surface area (Å²) in [5.41, 5.74) is 2.58. The minimum Gasteiger partial charge on any atom is -0.478 e. The Labute approximate surface area is 112 Å². The highest BCUT2D eigenvalue weighted by Crippen LogP contribution is 2.08. The van der Waals surface area contributed by atoms with E-state index in [1.807, 2.05) is 25.4 Å². The van der Waals surface area contributed by atoms with Gasteiger partial charge >= 0.3 is 5.97 Å². The Balaban J connectivity index is 1.89. The first-order valence-electron chi connectivity index (χ1n) is 6.28. The minimum atomic E-state index is -0.879. The van der Waals surface area contributed by atoms with Gasteiger partial charge in [0.2, 0.25) is 0 Å². The zero-order chi connectivity index (χ0) is 13.7. The Bertz CT molecular complexity index is 535. The van der Waals surface area contributed by atoms with Crippen LogP contribution in [0.25, 0.3) is 0 Å². The molecule has 1 aromatic carbocycles. The van der Waals surface area contributed by atoms with Gasteiger partial charge in [-0.2, -0.15) is 0 Å². The quantitative estimate of drug-likeness (QED) is 0.836. The molecule has 0 saturated heterocycles. The van der Waals surface area contributed by atoms with Crippen molar-refractivity contribution in [3.63, 3.8) is 0 Å². The van der Waals surface area contributed by atoms with E-state index in [0.29, 0.717) is 5.56 Å². The molecule has 0 aliphatic rings. The summed E-state index contributed by atoms with van der Waals surface area (Å²) in [7, 11) is 2.04. The van der Waals surface area contributed by atoms with Crippen molar-refractivity contribution in [1.29, 1.82) is 0 Å². The van der Waals surface area contributed by atoms with Crippen molar-refractivity contribution in [1.82, 2.24) is 9.88 Å². The molecule has 2 N–H and O–H groups in total. The van der Waals surface area contributed by atoms with E-state index < -0.39 is 5.97 Å². The van der Waals surface area contributed by atoms with Gasteiger partial charge in [0.1, 0.15) is 0 Å². The molecule has 1 heterocycles. The van der Waals surface area contributed by atoms with Gasteiger partial charge in [0, 0.05) is 31.4 Å². The zero-order valence-electron chi connectivity index (χ0n) is 11.0. The fourth-order valence-electron chi connectivity index (χ4n) is 2.03. The molecular formula is C15H18N2O2. The number of benzene rings is 1. The van der Waals surface area contributed by atoms with Gasteiger partial charge in [0.25, 0.3) is 0 Å². The van der Waals surface area contributed by atoms with Crippen molar-refractivity contribution in [2.45, 2.75) is 13.0 Å². The third-order valence-electron chi connectivity index (χ3n) is 3.05. The summed E-state index contributed by atoms with van der Waals surface area (Å²) in [5.74, 6) is -0.879. The standard InChI is InChI=1S/C15H18N2O2/c1-17(9-7-14-6-3-8-16-14)11-12-4-2-5-13(10-12)15(18)19/h2-6,8,10,16H,7,9,11H2,1H3,(H,18,19). The molecule has 100 valence electrons. The molecule has 2 rings (SSSR count). The minimum absolute atomic E-state index is 0.343. The van der Waals surface area contributed by atoms with Crippen LogP contribution < -0.4 is 0 Å². The van der Waals surface area contributed by atoms with Crippen molar-refractivity contribution in [2.75, 3.05) is 13.6 Å². The first-order chi connectivity index (χ1) is 9.15. The van der Waals surface area contributed by atoms with Gasteiger partial charge in [-0.25, -0.2) is 4.79 Å². The number of rotatable bonds is 6. The highest BCUT2D eigenvalue weighted by Gasteiger charge is 2.05. The van der Waals surface area contributed by atoms with Gasteiger partial charge in [-0.15, -0.1) is 0 Å². The lowest BCUT2D eigenvalue weighted by atomic mass is 10.1. The van der Waals surface area contributed by atoms with Crippen molar-refractivity contribution in [3.05, 3.63) is 59.4 Å². The maximum atomic E-state index is 10.9. The lowest BCUT2D eigenvalue weighted by molar-refractivity contribution is 0.0696. The second-order valence-corrected chi connectivity index (χ2v) is 4.69. The second-order valence-electron chi connectivity index (χ2n) is 4.69. The summed E-state index contributed by atoms with van der Waals surface area (Å²) in [5, 5.41) is 8.95. The molecule has 0 aliphatic heterocycles. The number of likely N-dealkylation sites (N-methyl/N-ethyl adjacent to an activating group) is 1. The Morgan fingerprint density at radius 2 is 2.16 bits per heavy atom. The Morgan fingerprint density at radius 1 is 1.32 bits per heavy atom. The van der Waals surface area contributed by atoms with E-state index in [1.165, 1.54) is 5.69 Å². The molecule has 0 bridgehead atoms. The van der Waals surface area contributed by atoms with E-state index in [4.69, 9.17) is 5.11 Å². The zero-order valence-corrected chi connectivity index (χ0v) is 11.0. The monoisotopic (exact) mass is 258 g/mol. The smallest absolute Gasteiger partial charge is 0.335 e. The Kier molecular flexibility index (Phi) is 4.36. The van der Waals surface area contributed by atoms with Crippen LogP contribution >= 0.6 is 0 Å². The van der Waals surface area contributed by atoms with Gasteiger partial charge in [0.15, 0.2) is 0 Å². The number of nitrogens with zero attached hydrogens (tertiary/aromatic N) is 1. The SMILES string of the molecule is CN(CCc1ccc[nH]1)Cc1cccc(C(=O)O)c1. The van der Waals surface area contributed by atoms with Crippen LogP contribution in [-0.2, 0) is 13.0 Å². The molecule has 4 nitrogen and oxygen atoms in total. The van der Waals surface area contributed by atoms with Crippen molar-refractivity contribution < 1.29 is 9.90 Å². The van der Waals surface area contributed by atoms with Crippen LogP contribution in [0.15, 0.2) is 42.6 Å². The average Bonchev–Trinajstić information content (AvgIpc) is 2.90. The topological polar surface area (TPSA) is 56.3 Å². The number of aromatic amines is 1. The van der Waals surface area contributed by atoms with E-state index in [9.17, 15) is 4.79 Å². The van der Waals surface area contributed by atoms with E-state index >= 15 is 0 Å². The summed E-state index contributed by atoms with van der Waals surface area (Å²) < 4.78 is 0. The number of carboxylic acids is 1. The van der Waals surface area contributed by atoms with Crippen molar-refractivity contribution in [2.24, 2.45) is 0 Å². The van der Waals surface area contributed by atoms with E-state index in [-0.39, 0.29) is 0 Å². The molecule has 0 aliphatic carbocycles. The van der Waals surface area contributed by atoms with Crippen LogP contribution in [0.4, 0.5) is 0 Å². The van der Waals surface area contributed by atoms with Crippen molar-refractivity contribution in [3.8, 4) is 0 Å². The third kappa shape index (κ3) is 3.96. The summed E-state index contributed by atoms with van der Waals surface area (Å²) in [6.45, 7) is 1.68. The number of aromatic carboxylic acids is 1. The van der Waals surface area contributed by atoms with E-state index in [0.717, 1.165) is 25.1 Å². The van der Waals surface area contributed by atoms with Crippen LogP contribution in [0.1, 0.15) is 21.6 Å².